The molecule has 2 heterocycles. The highest BCUT2D eigenvalue weighted by atomic mass is 16.5. The van der Waals surface area contributed by atoms with E-state index < -0.39 is 0 Å². The van der Waals surface area contributed by atoms with Gasteiger partial charge in [-0.3, -0.25) is 4.68 Å². The molecule has 100 valence electrons. The van der Waals surface area contributed by atoms with Gasteiger partial charge in [-0.15, -0.1) is 0 Å². The van der Waals surface area contributed by atoms with E-state index in [4.69, 9.17) is 4.74 Å². The number of aromatic nitrogens is 3. The predicted octanol–water partition coefficient (Wildman–Crippen LogP) is 1.00. The maximum atomic E-state index is 5.91. The van der Waals surface area contributed by atoms with E-state index in [1.807, 2.05) is 11.7 Å². The van der Waals surface area contributed by atoms with Crippen molar-refractivity contribution in [1.29, 1.82) is 0 Å². The van der Waals surface area contributed by atoms with Crippen molar-refractivity contribution in [3.63, 3.8) is 0 Å². The maximum Gasteiger partial charge on any atom is 0.154 e. The Labute approximate surface area is 108 Å². The van der Waals surface area contributed by atoms with Gasteiger partial charge < -0.3 is 10.1 Å². The highest BCUT2D eigenvalue weighted by molar-refractivity contribution is 5.06. The van der Waals surface area contributed by atoms with Crippen LogP contribution in [0, 0.1) is 0 Å². The molecule has 0 spiro atoms. The molecular weight excluding hydrogens is 228 g/mol. The third kappa shape index (κ3) is 2.90. The number of aryl methyl sites for hydroxylation is 1. The second-order valence-corrected chi connectivity index (χ2v) is 5.35. The molecule has 1 saturated carbocycles. The van der Waals surface area contributed by atoms with Crippen LogP contribution in [0.5, 0.6) is 0 Å². The van der Waals surface area contributed by atoms with Crippen LogP contribution in [-0.4, -0.2) is 40.6 Å². The molecular formula is C13H22N4O. The van der Waals surface area contributed by atoms with Crippen LogP contribution in [0.3, 0.4) is 0 Å². The molecule has 5 nitrogen and oxygen atoms in total. The zero-order chi connectivity index (χ0) is 12.4. The van der Waals surface area contributed by atoms with Crippen molar-refractivity contribution in [1.82, 2.24) is 20.1 Å². The number of piperidine rings is 1. The lowest BCUT2D eigenvalue weighted by molar-refractivity contribution is 0.0339. The molecule has 0 amide bonds. The Morgan fingerprint density at radius 3 is 2.78 bits per heavy atom. The minimum Gasteiger partial charge on any atom is -0.378 e. The summed E-state index contributed by atoms with van der Waals surface area (Å²) in [6.07, 6.45) is 6.09. The molecule has 0 bridgehead atoms. The first-order valence-corrected chi connectivity index (χ1v) is 7.05. The fraction of sp³-hybridized carbons (Fsp3) is 0.846. The van der Waals surface area contributed by atoms with E-state index >= 15 is 0 Å². The highest BCUT2D eigenvalue weighted by Gasteiger charge is 2.28. The molecule has 18 heavy (non-hydrogen) atoms. The van der Waals surface area contributed by atoms with Gasteiger partial charge in [-0.25, -0.2) is 4.98 Å². The lowest BCUT2D eigenvalue weighted by Gasteiger charge is -2.22. The SMILES string of the molecule is Cn1nc(C2CC2)nc1CCOC1CCNCC1. The monoisotopic (exact) mass is 250 g/mol. The number of ether oxygens (including phenoxy) is 1. The summed E-state index contributed by atoms with van der Waals surface area (Å²) in [6, 6.07) is 0. The largest absolute Gasteiger partial charge is 0.378 e. The molecule has 2 fully saturated rings. The molecule has 0 atom stereocenters. The van der Waals surface area contributed by atoms with E-state index in [0.29, 0.717) is 12.0 Å². The number of hydrogen-bond donors (Lipinski definition) is 1. The molecule has 0 unspecified atom stereocenters. The standard InChI is InChI=1S/C13H22N4O/c1-17-12(15-13(16-17)10-2-3-10)6-9-18-11-4-7-14-8-5-11/h10-11,14H,2-9H2,1H3. The topological polar surface area (TPSA) is 52.0 Å². The normalized spacial score (nSPS) is 21.4. The number of hydrogen-bond acceptors (Lipinski definition) is 4. The first kappa shape index (κ1) is 12.1. The van der Waals surface area contributed by atoms with Gasteiger partial charge in [-0.2, -0.15) is 5.10 Å². The lowest BCUT2D eigenvalue weighted by atomic mass is 10.1. The number of nitrogens with one attached hydrogen (secondary N) is 1. The van der Waals surface area contributed by atoms with Crippen molar-refractivity contribution in [2.24, 2.45) is 7.05 Å². The van der Waals surface area contributed by atoms with Gasteiger partial charge in [0.05, 0.1) is 12.7 Å². The zero-order valence-corrected chi connectivity index (χ0v) is 11.1. The Bertz CT molecular complexity index is 394. The van der Waals surface area contributed by atoms with E-state index in [0.717, 1.165) is 50.6 Å². The van der Waals surface area contributed by atoms with Crippen LogP contribution >= 0.6 is 0 Å². The molecule has 5 heteroatoms. The molecule has 1 aliphatic heterocycles. The first-order valence-electron chi connectivity index (χ1n) is 7.05. The summed E-state index contributed by atoms with van der Waals surface area (Å²) in [6.45, 7) is 2.93. The molecule has 1 aliphatic carbocycles. The van der Waals surface area contributed by atoms with Crippen molar-refractivity contribution >= 4 is 0 Å². The van der Waals surface area contributed by atoms with Crippen LogP contribution in [0.15, 0.2) is 0 Å². The van der Waals surface area contributed by atoms with Gasteiger partial charge in [0.2, 0.25) is 0 Å². The number of nitrogens with zero attached hydrogens (tertiary/aromatic N) is 3. The smallest absolute Gasteiger partial charge is 0.154 e. The van der Waals surface area contributed by atoms with Crippen molar-refractivity contribution in [2.75, 3.05) is 19.7 Å². The van der Waals surface area contributed by atoms with Crippen LogP contribution in [-0.2, 0) is 18.2 Å². The predicted molar refractivity (Wildman–Crippen MR) is 68.5 cm³/mol. The number of rotatable bonds is 5. The Hall–Kier alpha value is -0.940. The second-order valence-electron chi connectivity index (χ2n) is 5.35. The Balaban J connectivity index is 1.47. The lowest BCUT2D eigenvalue weighted by Crippen LogP contribution is -2.32. The van der Waals surface area contributed by atoms with Gasteiger partial charge in [0.1, 0.15) is 5.82 Å². The quantitative estimate of drug-likeness (QED) is 0.847. The Kier molecular flexibility index (Phi) is 3.61. The fourth-order valence-corrected chi connectivity index (χ4v) is 2.45. The van der Waals surface area contributed by atoms with Gasteiger partial charge in [0.15, 0.2) is 5.82 Å². The van der Waals surface area contributed by atoms with E-state index in [1.165, 1.54) is 12.8 Å². The van der Waals surface area contributed by atoms with Gasteiger partial charge >= 0.3 is 0 Å². The summed E-state index contributed by atoms with van der Waals surface area (Å²) < 4.78 is 7.82. The van der Waals surface area contributed by atoms with Crippen LogP contribution in [0.4, 0.5) is 0 Å². The van der Waals surface area contributed by atoms with Crippen molar-refractivity contribution in [2.45, 2.75) is 44.1 Å². The molecule has 1 N–H and O–H groups in total. The van der Waals surface area contributed by atoms with E-state index in [-0.39, 0.29) is 0 Å². The Morgan fingerprint density at radius 1 is 1.28 bits per heavy atom. The molecule has 3 rings (SSSR count). The Morgan fingerprint density at radius 2 is 2.06 bits per heavy atom. The van der Waals surface area contributed by atoms with E-state index in [9.17, 15) is 0 Å². The summed E-state index contributed by atoms with van der Waals surface area (Å²) >= 11 is 0. The van der Waals surface area contributed by atoms with Gasteiger partial charge in [-0.05, 0) is 38.8 Å². The molecule has 1 saturated heterocycles. The highest BCUT2D eigenvalue weighted by Crippen LogP contribution is 2.37. The minimum atomic E-state index is 0.433. The summed E-state index contributed by atoms with van der Waals surface area (Å²) in [5.74, 6) is 2.73. The second kappa shape index (κ2) is 5.36. The van der Waals surface area contributed by atoms with Crippen LogP contribution < -0.4 is 5.32 Å². The molecule has 2 aliphatic rings. The molecule has 1 aromatic rings. The maximum absolute atomic E-state index is 5.91. The molecule has 1 aromatic heterocycles. The fourth-order valence-electron chi connectivity index (χ4n) is 2.45. The average molecular weight is 250 g/mol. The van der Waals surface area contributed by atoms with Crippen LogP contribution in [0.1, 0.15) is 43.3 Å². The van der Waals surface area contributed by atoms with Crippen molar-refractivity contribution < 1.29 is 4.74 Å². The van der Waals surface area contributed by atoms with Gasteiger partial charge in [0, 0.05) is 19.4 Å². The van der Waals surface area contributed by atoms with E-state index in [1.54, 1.807) is 0 Å². The summed E-state index contributed by atoms with van der Waals surface area (Å²) in [7, 11) is 1.98. The zero-order valence-electron chi connectivity index (χ0n) is 11.1. The first-order chi connectivity index (χ1) is 8.83. The van der Waals surface area contributed by atoms with Crippen molar-refractivity contribution in [3.8, 4) is 0 Å². The average Bonchev–Trinajstić information content (AvgIpc) is 3.17. The molecule has 0 aromatic carbocycles. The van der Waals surface area contributed by atoms with Crippen molar-refractivity contribution in [3.05, 3.63) is 11.6 Å². The molecule has 0 radical (unpaired) electrons. The van der Waals surface area contributed by atoms with Gasteiger partial charge in [-0.1, -0.05) is 0 Å². The van der Waals surface area contributed by atoms with Gasteiger partial charge in [0.25, 0.3) is 0 Å². The summed E-state index contributed by atoms with van der Waals surface area (Å²) in [5, 5.41) is 7.83. The minimum absolute atomic E-state index is 0.433. The van der Waals surface area contributed by atoms with E-state index in [2.05, 4.69) is 15.4 Å². The van der Waals surface area contributed by atoms with Crippen LogP contribution in [0.25, 0.3) is 0 Å². The van der Waals surface area contributed by atoms with Crippen LogP contribution in [0.2, 0.25) is 0 Å². The third-order valence-electron chi connectivity index (χ3n) is 3.78. The third-order valence-corrected chi connectivity index (χ3v) is 3.78. The summed E-state index contributed by atoms with van der Waals surface area (Å²) in [5.41, 5.74) is 0. The summed E-state index contributed by atoms with van der Waals surface area (Å²) in [4.78, 5) is 4.61.